The van der Waals surface area contributed by atoms with Gasteiger partial charge in [-0.2, -0.15) is 0 Å². The average Bonchev–Trinajstić information content (AvgIpc) is 2.93. The van der Waals surface area contributed by atoms with Gasteiger partial charge in [0.15, 0.2) is 0 Å². The average molecular weight is 266 g/mol. The van der Waals surface area contributed by atoms with Crippen LogP contribution in [0.4, 0.5) is 0 Å². The van der Waals surface area contributed by atoms with Gasteiger partial charge in [0.05, 0.1) is 12.6 Å². The molecule has 5 heteroatoms. The van der Waals surface area contributed by atoms with Crippen molar-refractivity contribution < 1.29 is 14.3 Å². The van der Waals surface area contributed by atoms with Crippen molar-refractivity contribution in [3.8, 4) is 0 Å². The molecule has 19 heavy (non-hydrogen) atoms. The number of aliphatic hydroxyl groups excluding tert-OH is 1. The highest BCUT2D eigenvalue weighted by molar-refractivity contribution is 5.81. The molecule has 5 nitrogen and oxygen atoms in total. The third kappa shape index (κ3) is 3.81. The number of hydrogen-bond acceptors (Lipinski definition) is 4. The van der Waals surface area contributed by atoms with Gasteiger partial charge in [-0.1, -0.05) is 0 Å². The molecule has 2 rings (SSSR count). The van der Waals surface area contributed by atoms with Gasteiger partial charge in [-0.15, -0.1) is 0 Å². The lowest BCUT2D eigenvalue weighted by Crippen LogP contribution is -2.46. The Morgan fingerprint density at radius 2 is 2.05 bits per heavy atom. The van der Waals surface area contributed by atoms with Crippen LogP contribution in [0.3, 0.4) is 0 Å². The lowest BCUT2D eigenvalue weighted by atomic mass is 10.1. The Bertz CT molecular complexity index is 411. The van der Waals surface area contributed by atoms with Crippen molar-refractivity contribution in [3.63, 3.8) is 0 Å². The first-order valence-corrected chi connectivity index (χ1v) is 6.91. The second-order valence-corrected chi connectivity index (χ2v) is 5.01. The fourth-order valence-corrected chi connectivity index (χ4v) is 2.33. The second kappa shape index (κ2) is 6.73. The molecule has 1 amide bonds. The largest absolute Gasteiger partial charge is 0.462 e. The Morgan fingerprint density at radius 1 is 1.37 bits per heavy atom. The second-order valence-electron chi connectivity index (χ2n) is 5.01. The van der Waals surface area contributed by atoms with E-state index in [4.69, 9.17) is 9.52 Å². The molecule has 0 bridgehead atoms. The highest BCUT2D eigenvalue weighted by Gasteiger charge is 2.21. The van der Waals surface area contributed by atoms with Crippen LogP contribution in [0.2, 0.25) is 0 Å². The molecule has 2 N–H and O–H groups in total. The molecule has 1 fully saturated rings. The van der Waals surface area contributed by atoms with Crippen molar-refractivity contribution in [2.24, 2.45) is 0 Å². The Morgan fingerprint density at radius 3 is 2.68 bits per heavy atom. The number of furan rings is 1. The minimum Gasteiger partial charge on any atom is -0.462 e. The van der Waals surface area contributed by atoms with E-state index in [1.165, 1.54) is 6.42 Å². The number of aliphatic hydroxyl groups is 1. The van der Waals surface area contributed by atoms with Crippen LogP contribution in [0.1, 0.15) is 37.7 Å². The molecule has 2 heterocycles. The number of carbonyl (C=O) groups is 1. The number of amides is 1. The van der Waals surface area contributed by atoms with E-state index in [1.807, 2.05) is 17.9 Å². The molecule has 1 aromatic heterocycles. The van der Waals surface area contributed by atoms with Gasteiger partial charge in [-0.25, -0.2) is 0 Å². The summed E-state index contributed by atoms with van der Waals surface area (Å²) in [5.41, 5.74) is 0. The lowest BCUT2D eigenvalue weighted by Gasteiger charge is -2.29. The minimum atomic E-state index is -0.208. The van der Waals surface area contributed by atoms with Crippen LogP contribution in [0.5, 0.6) is 0 Å². The van der Waals surface area contributed by atoms with E-state index in [1.54, 1.807) is 6.07 Å². The smallest absolute Gasteiger partial charge is 0.239 e. The Balaban J connectivity index is 1.79. The summed E-state index contributed by atoms with van der Waals surface area (Å²) >= 11 is 0. The van der Waals surface area contributed by atoms with E-state index in [-0.39, 0.29) is 18.6 Å². The molecule has 1 aliphatic rings. The number of nitrogens with one attached hydrogen (secondary N) is 1. The van der Waals surface area contributed by atoms with Crippen LogP contribution in [0, 0.1) is 0 Å². The van der Waals surface area contributed by atoms with Gasteiger partial charge < -0.3 is 14.4 Å². The van der Waals surface area contributed by atoms with Gasteiger partial charge in [-0.3, -0.25) is 10.1 Å². The number of hydrogen-bond donors (Lipinski definition) is 2. The summed E-state index contributed by atoms with van der Waals surface area (Å²) in [5.74, 6) is 1.45. The SMILES string of the molecule is CC(NCc1ccc(CO)o1)C(=O)N1CCCCC1. The minimum absolute atomic E-state index is 0.0950. The van der Waals surface area contributed by atoms with Crippen molar-refractivity contribution in [2.75, 3.05) is 13.1 Å². The standard InChI is InChI=1S/C14H22N2O3/c1-11(14(18)16-7-3-2-4-8-16)15-9-12-5-6-13(10-17)19-12/h5-6,11,15,17H,2-4,7-10H2,1H3. The zero-order chi connectivity index (χ0) is 13.7. The molecule has 0 aliphatic carbocycles. The molecule has 0 spiro atoms. The quantitative estimate of drug-likeness (QED) is 0.842. The molecule has 0 radical (unpaired) electrons. The zero-order valence-electron chi connectivity index (χ0n) is 11.4. The zero-order valence-corrected chi connectivity index (χ0v) is 11.4. The van der Waals surface area contributed by atoms with Crippen LogP contribution in [-0.2, 0) is 17.9 Å². The van der Waals surface area contributed by atoms with Crippen LogP contribution < -0.4 is 5.32 Å². The maximum Gasteiger partial charge on any atom is 0.239 e. The van der Waals surface area contributed by atoms with E-state index in [0.717, 1.165) is 31.7 Å². The summed E-state index contributed by atoms with van der Waals surface area (Å²) in [5, 5.41) is 12.1. The monoisotopic (exact) mass is 266 g/mol. The topological polar surface area (TPSA) is 65.7 Å². The van der Waals surface area contributed by atoms with E-state index in [2.05, 4.69) is 5.32 Å². The fourth-order valence-electron chi connectivity index (χ4n) is 2.33. The van der Waals surface area contributed by atoms with Crippen LogP contribution in [0.25, 0.3) is 0 Å². The van der Waals surface area contributed by atoms with Crippen LogP contribution in [0.15, 0.2) is 16.5 Å². The maximum atomic E-state index is 12.2. The van der Waals surface area contributed by atoms with Crippen LogP contribution >= 0.6 is 0 Å². The predicted octanol–water partition coefficient (Wildman–Crippen LogP) is 1.26. The first kappa shape index (κ1) is 14.1. The van der Waals surface area contributed by atoms with Crippen molar-refractivity contribution in [1.82, 2.24) is 10.2 Å². The highest BCUT2D eigenvalue weighted by Crippen LogP contribution is 2.11. The van der Waals surface area contributed by atoms with Gasteiger partial charge in [0, 0.05) is 13.1 Å². The first-order valence-electron chi connectivity index (χ1n) is 6.91. The molecule has 1 atom stereocenters. The number of likely N-dealkylation sites (tertiary alicyclic amines) is 1. The molecular weight excluding hydrogens is 244 g/mol. The summed E-state index contributed by atoms with van der Waals surface area (Å²) in [7, 11) is 0. The van der Waals surface area contributed by atoms with E-state index in [9.17, 15) is 4.79 Å². The van der Waals surface area contributed by atoms with Gasteiger partial charge in [0.1, 0.15) is 18.1 Å². The Kier molecular flexibility index (Phi) is 4.99. The van der Waals surface area contributed by atoms with Gasteiger partial charge in [0.2, 0.25) is 5.91 Å². The third-order valence-corrected chi connectivity index (χ3v) is 3.49. The molecule has 1 unspecified atom stereocenters. The first-order chi connectivity index (χ1) is 9.20. The summed E-state index contributed by atoms with van der Waals surface area (Å²) in [6, 6.07) is 3.35. The lowest BCUT2D eigenvalue weighted by molar-refractivity contribution is -0.134. The number of nitrogens with zero attached hydrogens (tertiary/aromatic N) is 1. The summed E-state index contributed by atoms with van der Waals surface area (Å²) in [6.07, 6.45) is 3.44. The van der Waals surface area contributed by atoms with Crippen molar-refractivity contribution in [2.45, 2.75) is 45.4 Å². The molecule has 106 valence electrons. The molecule has 1 aliphatic heterocycles. The van der Waals surface area contributed by atoms with Crippen molar-refractivity contribution >= 4 is 5.91 Å². The van der Waals surface area contributed by atoms with Gasteiger partial charge in [0.25, 0.3) is 0 Å². The van der Waals surface area contributed by atoms with Gasteiger partial charge in [-0.05, 0) is 38.3 Å². The predicted molar refractivity (Wildman–Crippen MR) is 71.4 cm³/mol. The van der Waals surface area contributed by atoms with E-state index in [0.29, 0.717) is 12.3 Å². The van der Waals surface area contributed by atoms with Crippen LogP contribution in [-0.4, -0.2) is 35.0 Å². The Labute approximate surface area is 113 Å². The maximum absolute atomic E-state index is 12.2. The summed E-state index contributed by atoms with van der Waals surface area (Å²) in [6.45, 7) is 4.04. The van der Waals surface area contributed by atoms with Crippen molar-refractivity contribution in [1.29, 1.82) is 0 Å². The third-order valence-electron chi connectivity index (χ3n) is 3.49. The molecular formula is C14H22N2O3. The van der Waals surface area contributed by atoms with Crippen molar-refractivity contribution in [3.05, 3.63) is 23.7 Å². The summed E-state index contributed by atoms with van der Waals surface area (Å²) in [4.78, 5) is 14.1. The molecule has 1 saturated heterocycles. The fraction of sp³-hybridized carbons (Fsp3) is 0.643. The normalized spacial score (nSPS) is 17.5. The molecule has 0 aromatic carbocycles. The summed E-state index contributed by atoms with van der Waals surface area (Å²) < 4.78 is 5.37. The number of piperidine rings is 1. The molecule has 1 aromatic rings. The van der Waals surface area contributed by atoms with E-state index >= 15 is 0 Å². The number of rotatable bonds is 5. The molecule has 0 saturated carbocycles. The number of carbonyl (C=O) groups excluding carboxylic acids is 1. The van der Waals surface area contributed by atoms with Gasteiger partial charge >= 0.3 is 0 Å². The highest BCUT2D eigenvalue weighted by atomic mass is 16.4. The van der Waals surface area contributed by atoms with E-state index < -0.39 is 0 Å². The Hall–Kier alpha value is -1.33.